The second-order valence-electron chi connectivity index (χ2n) is 1.40. The summed E-state index contributed by atoms with van der Waals surface area (Å²) in [6.07, 6.45) is 0. The fourth-order valence-corrected chi connectivity index (χ4v) is 0.428. The van der Waals surface area contributed by atoms with Gasteiger partial charge in [-0.25, -0.2) is 0 Å². The summed E-state index contributed by atoms with van der Waals surface area (Å²) >= 11 is -2.25. The Kier molecular flexibility index (Phi) is 14.3. The van der Waals surface area contributed by atoms with Gasteiger partial charge in [0.2, 0.25) is 0 Å². The zero-order valence-corrected chi connectivity index (χ0v) is 9.11. The third-order valence-electron chi connectivity index (χ3n) is 0.756. The van der Waals surface area contributed by atoms with E-state index in [1.165, 1.54) is 0 Å². The third-order valence-corrected chi connectivity index (χ3v) is 0.756. The van der Waals surface area contributed by atoms with Crippen molar-refractivity contribution in [3.05, 3.63) is 30.3 Å². The van der Waals surface area contributed by atoms with Crippen LogP contribution in [0.3, 0.4) is 0 Å². The average molecular weight is 340 g/mol. The topological polar surface area (TPSA) is 71.4 Å². The quantitative estimate of drug-likeness (QED) is 0.764. The molecule has 0 aliphatic carbocycles. The van der Waals surface area contributed by atoms with Crippen LogP contribution >= 0.6 is 0 Å². The van der Waals surface area contributed by atoms with Gasteiger partial charge in [0.1, 0.15) is 12.5 Å². The monoisotopic (exact) mass is 340 g/mol. The van der Waals surface area contributed by atoms with E-state index in [0.29, 0.717) is 5.75 Å². The van der Waals surface area contributed by atoms with Crippen molar-refractivity contribution >= 4 is 6.79 Å². The number of carbonyl (C=O) groups is 1. The molecule has 0 aromatic heterocycles. The minimum absolute atomic E-state index is 0.322. The molecular formula is C7H8O4W. The maximum absolute atomic E-state index is 8.63. The Bertz CT molecular complexity index is 218. The van der Waals surface area contributed by atoms with Crippen molar-refractivity contribution in [3.63, 3.8) is 0 Å². The molecule has 1 aromatic carbocycles. The Labute approximate surface area is 78.4 Å². The van der Waals surface area contributed by atoms with Gasteiger partial charge in [-0.1, -0.05) is 18.2 Å². The van der Waals surface area contributed by atoms with Crippen LogP contribution in [0, 0.1) is 0 Å². The van der Waals surface area contributed by atoms with E-state index in [9.17, 15) is 0 Å². The molecule has 1 N–H and O–H groups in total. The predicted molar refractivity (Wildman–Crippen MR) is 36.6 cm³/mol. The van der Waals surface area contributed by atoms with Crippen molar-refractivity contribution in [3.8, 4) is 5.75 Å². The standard InChI is InChI=1S/C6H6O.CH2O.2O.W/c7-6-4-2-1-3-5-6;1-2;;;/h1-5,7H;1H2;;;. The van der Waals surface area contributed by atoms with Crippen molar-refractivity contribution < 1.29 is 35.2 Å². The van der Waals surface area contributed by atoms with Gasteiger partial charge in [-0.15, -0.1) is 0 Å². The number of hydrogen-bond donors (Lipinski definition) is 1. The minimum atomic E-state index is -2.25. The van der Waals surface area contributed by atoms with Gasteiger partial charge in [-0.2, -0.15) is 0 Å². The Hall–Kier alpha value is -1.02. The van der Waals surface area contributed by atoms with Crippen LogP contribution in [0.2, 0.25) is 0 Å². The number of rotatable bonds is 0. The maximum atomic E-state index is 8.63. The molecule has 0 unspecified atom stereocenters. The molecule has 4 nitrogen and oxygen atoms in total. The first-order valence-corrected chi connectivity index (χ1v) is 5.15. The molecule has 0 bridgehead atoms. The zero-order valence-electron chi connectivity index (χ0n) is 6.17. The number of benzene rings is 1. The summed E-state index contributed by atoms with van der Waals surface area (Å²) in [6, 6.07) is 8.71. The van der Waals surface area contributed by atoms with Gasteiger partial charge in [-0.05, 0) is 12.1 Å². The Morgan fingerprint density at radius 1 is 1.08 bits per heavy atom. The van der Waals surface area contributed by atoms with E-state index in [2.05, 4.69) is 0 Å². The van der Waals surface area contributed by atoms with Crippen LogP contribution in [0.1, 0.15) is 0 Å². The Balaban J connectivity index is 0. The van der Waals surface area contributed by atoms with Gasteiger partial charge in [0.25, 0.3) is 0 Å². The van der Waals surface area contributed by atoms with Crippen molar-refractivity contribution in [2.45, 2.75) is 0 Å². The van der Waals surface area contributed by atoms with Crippen molar-refractivity contribution in [2.24, 2.45) is 0 Å². The van der Waals surface area contributed by atoms with E-state index in [-0.39, 0.29) is 0 Å². The van der Waals surface area contributed by atoms with E-state index in [4.69, 9.17) is 16.7 Å². The fraction of sp³-hybridized carbons (Fsp3) is 0. The molecule has 66 valence electrons. The van der Waals surface area contributed by atoms with Crippen LogP contribution in [-0.2, 0) is 30.1 Å². The summed E-state index contributed by atoms with van der Waals surface area (Å²) in [6.45, 7) is 2.00. The van der Waals surface area contributed by atoms with Crippen molar-refractivity contribution in [1.29, 1.82) is 0 Å². The second-order valence-corrected chi connectivity index (χ2v) is 1.89. The number of phenols is 1. The summed E-state index contributed by atoms with van der Waals surface area (Å²) < 4.78 is 17.1. The van der Waals surface area contributed by atoms with Crippen LogP contribution in [0.25, 0.3) is 0 Å². The van der Waals surface area contributed by atoms with E-state index in [0.717, 1.165) is 0 Å². The van der Waals surface area contributed by atoms with Gasteiger partial charge in [0.05, 0.1) is 0 Å². The van der Waals surface area contributed by atoms with Crippen LogP contribution in [0.5, 0.6) is 5.75 Å². The Morgan fingerprint density at radius 2 is 1.42 bits per heavy atom. The van der Waals surface area contributed by atoms with Gasteiger partial charge in [0, 0.05) is 0 Å². The first kappa shape index (κ1) is 13.6. The SMILES string of the molecule is C=O.Oc1ccccc1.[O]=[W]=[O]. The van der Waals surface area contributed by atoms with Crippen molar-refractivity contribution in [1.82, 2.24) is 0 Å². The molecular weight excluding hydrogens is 332 g/mol. The number of carbonyl (C=O) groups excluding carboxylic acids is 1. The molecule has 12 heavy (non-hydrogen) atoms. The zero-order chi connectivity index (χ0) is 9.82. The number of para-hydroxylation sites is 1. The predicted octanol–water partition coefficient (Wildman–Crippen LogP) is 0.967. The molecule has 0 saturated heterocycles. The molecule has 1 rings (SSSR count). The molecule has 0 heterocycles. The van der Waals surface area contributed by atoms with Gasteiger partial charge in [-0.3, -0.25) is 0 Å². The molecule has 0 spiro atoms. The van der Waals surface area contributed by atoms with Gasteiger partial charge in [0.15, 0.2) is 0 Å². The fourth-order valence-electron chi connectivity index (χ4n) is 0.428. The van der Waals surface area contributed by atoms with E-state index in [1.807, 2.05) is 12.9 Å². The molecule has 0 aliphatic rings. The molecule has 0 radical (unpaired) electrons. The van der Waals surface area contributed by atoms with Crippen LogP contribution < -0.4 is 0 Å². The molecule has 0 amide bonds. The van der Waals surface area contributed by atoms with Crippen LogP contribution in [0.15, 0.2) is 30.3 Å². The summed E-state index contributed by atoms with van der Waals surface area (Å²) in [4.78, 5) is 8.00. The molecule has 0 aliphatic heterocycles. The Morgan fingerprint density at radius 3 is 1.58 bits per heavy atom. The normalized spacial score (nSPS) is 6.33. The second kappa shape index (κ2) is 12.6. The third kappa shape index (κ3) is 11.7. The summed E-state index contributed by atoms with van der Waals surface area (Å²) in [5.41, 5.74) is 0. The molecule has 1 aromatic rings. The van der Waals surface area contributed by atoms with Gasteiger partial charge >= 0.3 is 25.3 Å². The summed E-state index contributed by atoms with van der Waals surface area (Å²) in [5.74, 6) is 0.322. The number of aromatic hydroxyl groups is 1. The molecule has 5 heteroatoms. The van der Waals surface area contributed by atoms with Crippen LogP contribution in [0.4, 0.5) is 0 Å². The molecule has 0 saturated carbocycles. The van der Waals surface area contributed by atoms with Gasteiger partial charge < -0.3 is 9.90 Å². The summed E-state index contributed by atoms with van der Waals surface area (Å²) in [7, 11) is 0. The van der Waals surface area contributed by atoms with Crippen molar-refractivity contribution in [2.75, 3.05) is 0 Å². The first-order valence-electron chi connectivity index (χ1n) is 2.76. The average Bonchev–Trinajstić information content (AvgIpc) is 2.11. The molecule has 0 atom stereocenters. The first-order chi connectivity index (χ1) is 5.81. The number of phenolic OH excluding ortho intramolecular Hbond substituents is 1. The van der Waals surface area contributed by atoms with E-state index >= 15 is 0 Å². The number of hydrogen-bond acceptors (Lipinski definition) is 4. The van der Waals surface area contributed by atoms with Crippen LogP contribution in [-0.4, -0.2) is 11.9 Å². The van der Waals surface area contributed by atoms with E-state index < -0.39 is 18.5 Å². The van der Waals surface area contributed by atoms with E-state index in [1.54, 1.807) is 24.3 Å². The summed E-state index contributed by atoms with van der Waals surface area (Å²) in [5, 5.41) is 8.63. The molecule has 0 fully saturated rings.